The molecule has 0 spiro atoms. The van der Waals surface area contributed by atoms with Crippen molar-refractivity contribution in [3.8, 4) is 28.1 Å². The van der Waals surface area contributed by atoms with E-state index in [1.54, 1.807) is 24.4 Å². The fourth-order valence-electron chi connectivity index (χ4n) is 2.10. The summed E-state index contributed by atoms with van der Waals surface area (Å²) in [7, 11) is 0. The molecular formula is C16H12ClN3O. The largest absolute Gasteiger partial charge is 0.506 e. The Kier molecular flexibility index (Phi) is 3.46. The molecule has 0 aliphatic rings. The fourth-order valence-corrected chi connectivity index (χ4v) is 2.28. The molecule has 0 atom stereocenters. The van der Waals surface area contributed by atoms with E-state index >= 15 is 0 Å². The number of nitrogen functional groups attached to an aromatic ring is 1. The van der Waals surface area contributed by atoms with Crippen LogP contribution in [0.15, 0.2) is 54.7 Å². The monoisotopic (exact) mass is 297 g/mol. The van der Waals surface area contributed by atoms with Crippen LogP contribution in [-0.4, -0.2) is 15.1 Å². The topological polar surface area (TPSA) is 72.0 Å². The summed E-state index contributed by atoms with van der Waals surface area (Å²) in [6, 6.07) is 14.7. The zero-order chi connectivity index (χ0) is 14.8. The predicted octanol–water partition coefficient (Wildman–Crippen LogP) is 3.75. The molecule has 0 fully saturated rings. The normalized spacial score (nSPS) is 10.5. The molecule has 2 aromatic carbocycles. The molecule has 0 bridgehead atoms. The molecule has 0 saturated heterocycles. The van der Waals surface area contributed by atoms with Crippen LogP contribution in [0.4, 0.5) is 5.95 Å². The first-order valence-corrected chi connectivity index (χ1v) is 6.70. The van der Waals surface area contributed by atoms with Crippen LogP contribution in [0.5, 0.6) is 5.75 Å². The van der Waals surface area contributed by atoms with E-state index in [9.17, 15) is 5.11 Å². The zero-order valence-electron chi connectivity index (χ0n) is 11.0. The molecule has 0 unspecified atom stereocenters. The van der Waals surface area contributed by atoms with Crippen molar-refractivity contribution in [2.24, 2.45) is 0 Å². The van der Waals surface area contributed by atoms with Gasteiger partial charge in [-0.3, -0.25) is 0 Å². The van der Waals surface area contributed by atoms with Gasteiger partial charge in [0.2, 0.25) is 5.95 Å². The molecule has 0 saturated carbocycles. The first-order valence-electron chi connectivity index (χ1n) is 6.32. The molecule has 0 aliphatic heterocycles. The molecule has 104 valence electrons. The van der Waals surface area contributed by atoms with Crippen LogP contribution in [0.3, 0.4) is 0 Å². The van der Waals surface area contributed by atoms with Gasteiger partial charge in [0.25, 0.3) is 0 Å². The summed E-state index contributed by atoms with van der Waals surface area (Å²) in [4.78, 5) is 8.39. The standard InChI is InChI=1S/C16H12ClN3O/c17-13-8-11(6-7-14(13)21)12-9-19-16(18)20-15(12)10-4-2-1-3-5-10/h1-9,21H,(H2,18,19,20). The maximum atomic E-state index is 9.54. The van der Waals surface area contributed by atoms with Crippen molar-refractivity contribution >= 4 is 17.5 Å². The van der Waals surface area contributed by atoms with Crippen LogP contribution in [0.2, 0.25) is 5.02 Å². The third kappa shape index (κ3) is 2.66. The van der Waals surface area contributed by atoms with Crippen LogP contribution in [0.1, 0.15) is 0 Å². The van der Waals surface area contributed by atoms with Gasteiger partial charge in [0.15, 0.2) is 0 Å². The second kappa shape index (κ2) is 5.42. The number of benzene rings is 2. The Labute approximate surface area is 126 Å². The summed E-state index contributed by atoms with van der Waals surface area (Å²) < 4.78 is 0. The van der Waals surface area contributed by atoms with Crippen LogP contribution >= 0.6 is 11.6 Å². The molecule has 4 nitrogen and oxygen atoms in total. The van der Waals surface area contributed by atoms with Gasteiger partial charge in [-0.2, -0.15) is 0 Å². The number of aromatic nitrogens is 2. The van der Waals surface area contributed by atoms with Gasteiger partial charge >= 0.3 is 0 Å². The highest BCUT2D eigenvalue weighted by molar-refractivity contribution is 6.32. The number of halogens is 1. The Bertz CT molecular complexity index is 791. The van der Waals surface area contributed by atoms with Crippen molar-refractivity contribution < 1.29 is 5.11 Å². The minimum atomic E-state index is 0.0399. The first-order chi connectivity index (χ1) is 10.1. The van der Waals surface area contributed by atoms with Crippen molar-refractivity contribution in [2.75, 3.05) is 5.73 Å². The van der Waals surface area contributed by atoms with Crippen LogP contribution in [0.25, 0.3) is 22.4 Å². The van der Waals surface area contributed by atoms with E-state index < -0.39 is 0 Å². The number of aromatic hydroxyl groups is 1. The maximum absolute atomic E-state index is 9.54. The molecule has 0 amide bonds. The molecule has 1 aromatic heterocycles. The van der Waals surface area contributed by atoms with E-state index in [4.69, 9.17) is 17.3 Å². The molecule has 3 N–H and O–H groups in total. The number of nitrogens with zero attached hydrogens (tertiary/aromatic N) is 2. The second-order valence-corrected chi connectivity index (χ2v) is 4.93. The minimum Gasteiger partial charge on any atom is -0.506 e. The summed E-state index contributed by atoms with van der Waals surface area (Å²) in [5.74, 6) is 0.250. The van der Waals surface area contributed by atoms with Crippen molar-refractivity contribution in [3.05, 3.63) is 59.8 Å². The smallest absolute Gasteiger partial charge is 0.220 e. The van der Waals surface area contributed by atoms with Gasteiger partial charge < -0.3 is 10.8 Å². The second-order valence-electron chi connectivity index (χ2n) is 4.52. The summed E-state index contributed by atoms with van der Waals surface area (Å²) >= 11 is 5.98. The van der Waals surface area contributed by atoms with Gasteiger partial charge in [-0.05, 0) is 17.7 Å². The van der Waals surface area contributed by atoms with Crippen LogP contribution < -0.4 is 5.73 Å². The van der Waals surface area contributed by atoms with Gasteiger partial charge in [0.1, 0.15) is 5.75 Å². The quantitative estimate of drug-likeness (QED) is 0.755. The number of rotatable bonds is 2. The highest BCUT2D eigenvalue weighted by atomic mass is 35.5. The summed E-state index contributed by atoms with van der Waals surface area (Å²) in [6.07, 6.45) is 1.66. The summed E-state index contributed by atoms with van der Waals surface area (Å²) in [5, 5.41) is 9.82. The molecule has 1 heterocycles. The van der Waals surface area contributed by atoms with Crippen molar-refractivity contribution in [2.45, 2.75) is 0 Å². The summed E-state index contributed by atoms with van der Waals surface area (Å²) in [6.45, 7) is 0. The lowest BCUT2D eigenvalue weighted by atomic mass is 10.0. The Balaban J connectivity index is 2.21. The third-order valence-corrected chi connectivity index (χ3v) is 3.42. The van der Waals surface area contributed by atoms with Gasteiger partial charge in [0, 0.05) is 17.3 Å². The van der Waals surface area contributed by atoms with Gasteiger partial charge in [-0.25, -0.2) is 9.97 Å². The summed E-state index contributed by atoms with van der Waals surface area (Å²) in [5.41, 5.74) is 8.99. The Morgan fingerprint density at radius 2 is 1.76 bits per heavy atom. The highest BCUT2D eigenvalue weighted by Crippen LogP contribution is 2.34. The lowest BCUT2D eigenvalue weighted by Crippen LogP contribution is -1.98. The van der Waals surface area contributed by atoms with E-state index in [2.05, 4.69) is 9.97 Å². The molecule has 5 heteroatoms. The number of hydrogen-bond donors (Lipinski definition) is 2. The number of phenolic OH excluding ortho intramolecular Hbond substituents is 1. The maximum Gasteiger partial charge on any atom is 0.220 e. The van der Waals surface area contributed by atoms with E-state index in [1.807, 2.05) is 30.3 Å². The van der Waals surface area contributed by atoms with Crippen molar-refractivity contribution in [1.29, 1.82) is 0 Å². The Morgan fingerprint density at radius 3 is 2.48 bits per heavy atom. The average molecular weight is 298 g/mol. The predicted molar refractivity (Wildman–Crippen MR) is 84.0 cm³/mol. The van der Waals surface area contributed by atoms with Crippen LogP contribution in [0, 0.1) is 0 Å². The van der Waals surface area contributed by atoms with E-state index in [-0.39, 0.29) is 16.7 Å². The zero-order valence-corrected chi connectivity index (χ0v) is 11.7. The van der Waals surface area contributed by atoms with Crippen molar-refractivity contribution in [1.82, 2.24) is 9.97 Å². The fraction of sp³-hybridized carbons (Fsp3) is 0. The van der Waals surface area contributed by atoms with Crippen molar-refractivity contribution in [3.63, 3.8) is 0 Å². The number of phenols is 1. The Hall–Kier alpha value is -2.59. The number of anilines is 1. The minimum absolute atomic E-state index is 0.0399. The van der Waals surface area contributed by atoms with Crippen LogP contribution in [-0.2, 0) is 0 Å². The molecule has 3 rings (SSSR count). The molecule has 3 aromatic rings. The Morgan fingerprint density at radius 1 is 1.00 bits per heavy atom. The van der Waals surface area contributed by atoms with E-state index in [0.717, 1.165) is 22.4 Å². The molecule has 0 radical (unpaired) electrons. The van der Waals surface area contributed by atoms with Gasteiger partial charge in [-0.15, -0.1) is 0 Å². The van der Waals surface area contributed by atoms with Gasteiger partial charge in [0.05, 0.1) is 10.7 Å². The average Bonchev–Trinajstić information content (AvgIpc) is 2.51. The van der Waals surface area contributed by atoms with Gasteiger partial charge in [-0.1, -0.05) is 48.0 Å². The SMILES string of the molecule is Nc1ncc(-c2ccc(O)c(Cl)c2)c(-c2ccccc2)n1. The molecule has 0 aliphatic carbocycles. The lowest BCUT2D eigenvalue weighted by Gasteiger charge is -2.10. The third-order valence-electron chi connectivity index (χ3n) is 3.11. The lowest BCUT2D eigenvalue weighted by molar-refractivity contribution is 0.475. The number of hydrogen-bond acceptors (Lipinski definition) is 4. The number of nitrogens with two attached hydrogens (primary N) is 1. The highest BCUT2D eigenvalue weighted by Gasteiger charge is 2.12. The van der Waals surface area contributed by atoms with E-state index in [1.165, 1.54) is 0 Å². The van der Waals surface area contributed by atoms with E-state index in [0.29, 0.717) is 0 Å². The molecular weight excluding hydrogens is 286 g/mol. The molecule has 21 heavy (non-hydrogen) atoms. The first kappa shape index (κ1) is 13.4.